The summed E-state index contributed by atoms with van der Waals surface area (Å²) in [5.41, 5.74) is 2.34. The minimum absolute atomic E-state index is 0.292. The molecule has 0 aliphatic carbocycles. The predicted molar refractivity (Wildman–Crippen MR) is 81.9 cm³/mol. The van der Waals surface area contributed by atoms with Crippen LogP contribution in [0.25, 0.3) is 0 Å². The molecule has 2 aromatic heterocycles. The Morgan fingerprint density at radius 2 is 1.35 bits per heavy atom. The molecular formula is C16H26N4. The van der Waals surface area contributed by atoms with Crippen LogP contribution in [0.2, 0.25) is 0 Å². The first kappa shape index (κ1) is 14.8. The molecule has 0 amide bonds. The number of nitrogens with zero attached hydrogens (tertiary/aromatic N) is 2. The third-order valence-electron chi connectivity index (χ3n) is 3.76. The topological polar surface area (TPSA) is 57.4 Å². The van der Waals surface area contributed by atoms with Crippen molar-refractivity contribution in [3.8, 4) is 0 Å². The lowest BCUT2D eigenvalue weighted by Gasteiger charge is -2.06. The molecular weight excluding hydrogens is 248 g/mol. The number of aryl methyl sites for hydroxylation is 2. The quantitative estimate of drug-likeness (QED) is 0.765. The number of hydrogen-bond donors (Lipinski definition) is 2. The Kier molecular flexibility index (Phi) is 5.39. The van der Waals surface area contributed by atoms with Crippen molar-refractivity contribution < 1.29 is 0 Å². The summed E-state index contributed by atoms with van der Waals surface area (Å²) in [4.78, 5) is 15.8. The van der Waals surface area contributed by atoms with Gasteiger partial charge in [-0.25, -0.2) is 9.97 Å². The van der Waals surface area contributed by atoms with E-state index in [0.29, 0.717) is 5.92 Å². The maximum Gasteiger partial charge on any atom is 0.106 e. The van der Waals surface area contributed by atoms with Gasteiger partial charge in [-0.3, -0.25) is 0 Å². The highest BCUT2D eigenvalue weighted by Crippen LogP contribution is 2.21. The van der Waals surface area contributed by atoms with Gasteiger partial charge in [0, 0.05) is 42.5 Å². The Morgan fingerprint density at radius 1 is 0.900 bits per heavy atom. The molecule has 0 radical (unpaired) electrons. The third-order valence-corrected chi connectivity index (χ3v) is 3.76. The van der Waals surface area contributed by atoms with Crippen LogP contribution in [0.3, 0.4) is 0 Å². The highest BCUT2D eigenvalue weighted by Gasteiger charge is 2.14. The standard InChI is InChI=1S/C16H26N4/c1-4-6-8-15-17-10-13(19-15)12(3)14-11-18-16(20-14)9-7-5-2/h10-12H,4-9H2,1-3H3,(H,17,19)(H,18,20). The molecule has 2 rings (SSSR count). The first-order valence-electron chi connectivity index (χ1n) is 7.82. The zero-order valence-electron chi connectivity index (χ0n) is 12.9. The second-order valence-corrected chi connectivity index (χ2v) is 5.50. The maximum absolute atomic E-state index is 4.47. The summed E-state index contributed by atoms with van der Waals surface area (Å²) in [6, 6.07) is 0. The fourth-order valence-electron chi connectivity index (χ4n) is 2.31. The lowest BCUT2D eigenvalue weighted by molar-refractivity contribution is 0.748. The van der Waals surface area contributed by atoms with Crippen molar-refractivity contribution in [2.75, 3.05) is 0 Å². The Balaban J connectivity index is 2.00. The molecule has 2 heterocycles. The molecule has 0 fully saturated rings. The minimum Gasteiger partial charge on any atom is -0.345 e. The molecule has 0 atom stereocenters. The summed E-state index contributed by atoms with van der Waals surface area (Å²) < 4.78 is 0. The van der Waals surface area contributed by atoms with E-state index < -0.39 is 0 Å². The van der Waals surface area contributed by atoms with Gasteiger partial charge in [0.2, 0.25) is 0 Å². The Bertz CT molecular complexity index is 466. The van der Waals surface area contributed by atoms with Gasteiger partial charge < -0.3 is 9.97 Å². The van der Waals surface area contributed by atoms with Crippen LogP contribution in [0.4, 0.5) is 0 Å². The average molecular weight is 274 g/mol. The summed E-state index contributed by atoms with van der Waals surface area (Å²) >= 11 is 0. The Morgan fingerprint density at radius 3 is 1.75 bits per heavy atom. The molecule has 0 saturated heterocycles. The van der Waals surface area contributed by atoms with Crippen molar-refractivity contribution in [1.29, 1.82) is 0 Å². The zero-order valence-corrected chi connectivity index (χ0v) is 12.9. The largest absolute Gasteiger partial charge is 0.345 e. The van der Waals surface area contributed by atoms with Crippen LogP contribution in [0.15, 0.2) is 12.4 Å². The molecule has 0 saturated carbocycles. The number of imidazole rings is 2. The van der Waals surface area contributed by atoms with Gasteiger partial charge in [-0.05, 0) is 12.8 Å². The fraction of sp³-hybridized carbons (Fsp3) is 0.625. The molecule has 0 aliphatic heterocycles. The number of rotatable bonds is 8. The summed E-state index contributed by atoms with van der Waals surface area (Å²) in [5.74, 6) is 2.49. The van der Waals surface area contributed by atoms with E-state index in [1.165, 1.54) is 37.1 Å². The first-order chi connectivity index (χ1) is 9.74. The van der Waals surface area contributed by atoms with Crippen LogP contribution in [0.5, 0.6) is 0 Å². The SMILES string of the molecule is CCCCc1ncc(C(C)c2cnc(CCCC)[nH]2)[nH]1. The second-order valence-electron chi connectivity index (χ2n) is 5.50. The molecule has 4 nitrogen and oxygen atoms in total. The summed E-state index contributed by atoms with van der Waals surface area (Å²) in [6.45, 7) is 6.60. The van der Waals surface area contributed by atoms with E-state index in [1.54, 1.807) is 0 Å². The number of hydrogen-bond acceptors (Lipinski definition) is 2. The highest BCUT2D eigenvalue weighted by atomic mass is 14.9. The smallest absolute Gasteiger partial charge is 0.106 e. The van der Waals surface area contributed by atoms with Crippen LogP contribution >= 0.6 is 0 Å². The van der Waals surface area contributed by atoms with E-state index in [1.807, 2.05) is 12.4 Å². The van der Waals surface area contributed by atoms with Crippen molar-refractivity contribution in [3.63, 3.8) is 0 Å². The molecule has 2 N–H and O–H groups in total. The predicted octanol–water partition coefficient (Wildman–Crippen LogP) is 3.97. The molecule has 0 unspecified atom stereocenters. The van der Waals surface area contributed by atoms with Crippen molar-refractivity contribution in [2.24, 2.45) is 0 Å². The molecule has 4 heteroatoms. The molecule has 0 spiro atoms. The first-order valence-corrected chi connectivity index (χ1v) is 7.82. The van der Waals surface area contributed by atoms with Crippen LogP contribution in [0.1, 0.15) is 75.4 Å². The van der Waals surface area contributed by atoms with Gasteiger partial charge in [-0.2, -0.15) is 0 Å². The van der Waals surface area contributed by atoms with Crippen molar-refractivity contribution >= 4 is 0 Å². The normalized spacial score (nSPS) is 11.4. The van der Waals surface area contributed by atoms with Gasteiger partial charge in [-0.15, -0.1) is 0 Å². The van der Waals surface area contributed by atoms with Crippen LogP contribution in [-0.4, -0.2) is 19.9 Å². The van der Waals surface area contributed by atoms with E-state index in [4.69, 9.17) is 0 Å². The van der Waals surface area contributed by atoms with Gasteiger partial charge in [0.1, 0.15) is 11.6 Å². The number of aromatic nitrogens is 4. The van der Waals surface area contributed by atoms with Crippen molar-refractivity contribution in [3.05, 3.63) is 35.4 Å². The molecule has 0 aliphatic rings. The lowest BCUT2D eigenvalue weighted by atomic mass is 10.1. The van der Waals surface area contributed by atoms with E-state index in [9.17, 15) is 0 Å². The summed E-state index contributed by atoms with van der Waals surface area (Å²) in [7, 11) is 0. The number of nitrogens with one attached hydrogen (secondary N) is 2. The summed E-state index contributed by atoms with van der Waals surface area (Å²) in [5, 5.41) is 0. The maximum atomic E-state index is 4.47. The van der Waals surface area contributed by atoms with E-state index in [2.05, 4.69) is 40.7 Å². The molecule has 0 aromatic carbocycles. The van der Waals surface area contributed by atoms with E-state index in [0.717, 1.165) is 24.5 Å². The van der Waals surface area contributed by atoms with E-state index in [-0.39, 0.29) is 0 Å². The molecule has 0 bridgehead atoms. The van der Waals surface area contributed by atoms with Gasteiger partial charge in [0.25, 0.3) is 0 Å². The van der Waals surface area contributed by atoms with Gasteiger partial charge in [-0.1, -0.05) is 33.6 Å². The van der Waals surface area contributed by atoms with Crippen molar-refractivity contribution in [1.82, 2.24) is 19.9 Å². The molecule has 2 aromatic rings. The lowest BCUT2D eigenvalue weighted by Crippen LogP contribution is -1.98. The number of unbranched alkanes of at least 4 members (excludes halogenated alkanes) is 2. The zero-order chi connectivity index (χ0) is 14.4. The Labute approximate surface area is 121 Å². The highest BCUT2D eigenvalue weighted by molar-refractivity contribution is 5.20. The van der Waals surface area contributed by atoms with Gasteiger partial charge in [0.15, 0.2) is 0 Å². The second kappa shape index (κ2) is 7.27. The van der Waals surface area contributed by atoms with Gasteiger partial charge in [0.05, 0.1) is 0 Å². The van der Waals surface area contributed by atoms with E-state index >= 15 is 0 Å². The monoisotopic (exact) mass is 274 g/mol. The van der Waals surface area contributed by atoms with Crippen LogP contribution in [-0.2, 0) is 12.8 Å². The third kappa shape index (κ3) is 3.71. The summed E-state index contributed by atoms with van der Waals surface area (Å²) in [6.07, 6.45) is 10.8. The fourth-order valence-corrected chi connectivity index (χ4v) is 2.31. The molecule has 20 heavy (non-hydrogen) atoms. The minimum atomic E-state index is 0.292. The van der Waals surface area contributed by atoms with Gasteiger partial charge >= 0.3 is 0 Å². The van der Waals surface area contributed by atoms with Crippen molar-refractivity contribution in [2.45, 2.75) is 65.2 Å². The number of aromatic amines is 2. The van der Waals surface area contributed by atoms with Crippen LogP contribution in [0, 0.1) is 0 Å². The molecule has 110 valence electrons. The number of H-pyrrole nitrogens is 2. The Hall–Kier alpha value is -1.58. The average Bonchev–Trinajstić information content (AvgIpc) is 3.11. The van der Waals surface area contributed by atoms with Crippen LogP contribution < -0.4 is 0 Å².